The Morgan fingerprint density at radius 2 is 2.11 bits per heavy atom. The van der Waals surface area contributed by atoms with Gasteiger partial charge < -0.3 is 10.3 Å². The Balaban J connectivity index is 2.51. The number of hydrogen-bond donors (Lipinski definition) is 1. The van der Waals surface area contributed by atoms with Crippen LogP contribution in [0.15, 0.2) is 29.1 Å². The molecule has 3 nitrogen and oxygen atoms in total. The molecule has 2 N–H and O–H groups in total. The minimum Gasteiger partial charge on any atom is -0.330 e. The maximum atomic E-state index is 12.2. The number of hydrogen-bond acceptors (Lipinski definition) is 2. The van der Waals surface area contributed by atoms with Crippen molar-refractivity contribution in [2.24, 2.45) is 12.8 Å². The van der Waals surface area contributed by atoms with Gasteiger partial charge in [-0.2, -0.15) is 0 Å². The van der Waals surface area contributed by atoms with E-state index in [1.807, 2.05) is 18.2 Å². The summed E-state index contributed by atoms with van der Waals surface area (Å²) in [6.07, 6.45) is 2.65. The topological polar surface area (TPSA) is 48.0 Å². The number of pyridine rings is 1. The monoisotopic (exact) mass is 264 g/mol. The van der Waals surface area contributed by atoms with Gasteiger partial charge in [0, 0.05) is 18.0 Å². The van der Waals surface area contributed by atoms with Crippen molar-refractivity contribution in [3.8, 4) is 0 Å². The molecule has 0 saturated heterocycles. The van der Waals surface area contributed by atoms with Gasteiger partial charge in [0.25, 0.3) is 5.56 Å². The van der Waals surface area contributed by atoms with E-state index in [4.69, 9.17) is 17.3 Å². The zero-order valence-electron chi connectivity index (χ0n) is 10.4. The predicted octanol–water partition coefficient (Wildman–Crippen LogP) is 2.47. The average molecular weight is 265 g/mol. The van der Waals surface area contributed by atoms with Crippen LogP contribution in [0.4, 0.5) is 0 Å². The summed E-state index contributed by atoms with van der Waals surface area (Å²) in [6.45, 7) is 0.666. The lowest BCUT2D eigenvalue weighted by Gasteiger charge is -2.09. The highest BCUT2D eigenvalue weighted by molar-refractivity contribution is 6.35. The number of unbranched alkanes of at least 4 members (excludes halogenated alkanes) is 1. The fraction of sp³-hybridized carbons (Fsp3) is 0.357. The highest BCUT2D eigenvalue weighted by Crippen LogP contribution is 2.22. The van der Waals surface area contributed by atoms with Gasteiger partial charge in [-0.25, -0.2) is 0 Å². The maximum Gasteiger partial charge on any atom is 0.254 e. The Kier molecular flexibility index (Phi) is 4.04. The molecule has 2 rings (SSSR count). The number of fused-ring (bicyclic) bond motifs is 1. The van der Waals surface area contributed by atoms with E-state index in [0.29, 0.717) is 11.6 Å². The van der Waals surface area contributed by atoms with Crippen molar-refractivity contribution in [1.29, 1.82) is 0 Å². The molecule has 1 heterocycles. The Morgan fingerprint density at radius 1 is 1.33 bits per heavy atom. The third-order valence-electron chi connectivity index (χ3n) is 3.16. The summed E-state index contributed by atoms with van der Waals surface area (Å²) < 4.78 is 1.63. The van der Waals surface area contributed by atoms with E-state index < -0.39 is 0 Å². The predicted molar refractivity (Wildman–Crippen MR) is 76.2 cm³/mol. The molecule has 0 saturated carbocycles. The minimum atomic E-state index is 0.0348. The van der Waals surface area contributed by atoms with Crippen molar-refractivity contribution in [2.75, 3.05) is 6.54 Å². The fourth-order valence-electron chi connectivity index (χ4n) is 2.21. The summed E-state index contributed by atoms with van der Waals surface area (Å²) in [5, 5.41) is 1.62. The molecule has 0 spiro atoms. The molecule has 1 aromatic carbocycles. The average Bonchev–Trinajstić information content (AvgIpc) is 2.35. The Hall–Kier alpha value is -1.32. The lowest BCUT2D eigenvalue weighted by molar-refractivity contribution is 0.732. The van der Waals surface area contributed by atoms with Crippen molar-refractivity contribution in [3.63, 3.8) is 0 Å². The van der Waals surface area contributed by atoms with Gasteiger partial charge in [-0.1, -0.05) is 23.7 Å². The van der Waals surface area contributed by atoms with Crippen LogP contribution in [0.1, 0.15) is 18.4 Å². The molecule has 1 aromatic heterocycles. The van der Waals surface area contributed by atoms with E-state index in [9.17, 15) is 4.79 Å². The van der Waals surface area contributed by atoms with Crippen LogP contribution in [-0.2, 0) is 13.5 Å². The van der Waals surface area contributed by atoms with Crippen LogP contribution >= 0.6 is 11.6 Å². The van der Waals surface area contributed by atoms with Crippen LogP contribution in [0.3, 0.4) is 0 Å². The van der Waals surface area contributed by atoms with E-state index >= 15 is 0 Å². The van der Waals surface area contributed by atoms with Crippen LogP contribution < -0.4 is 11.3 Å². The highest BCUT2D eigenvalue weighted by Gasteiger charge is 2.08. The van der Waals surface area contributed by atoms with Gasteiger partial charge in [-0.15, -0.1) is 0 Å². The number of nitrogens with zero attached hydrogens (tertiary/aromatic N) is 1. The largest absolute Gasteiger partial charge is 0.330 e. The molecule has 18 heavy (non-hydrogen) atoms. The zero-order chi connectivity index (χ0) is 13.1. The number of benzene rings is 1. The zero-order valence-corrected chi connectivity index (χ0v) is 11.2. The van der Waals surface area contributed by atoms with Gasteiger partial charge in [0.1, 0.15) is 0 Å². The van der Waals surface area contributed by atoms with Crippen molar-refractivity contribution >= 4 is 22.5 Å². The number of para-hydroxylation sites is 1. The van der Waals surface area contributed by atoms with Gasteiger partial charge in [-0.3, -0.25) is 4.79 Å². The molecule has 0 atom stereocenters. The summed E-state index contributed by atoms with van der Waals surface area (Å²) in [4.78, 5) is 12.2. The maximum absolute atomic E-state index is 12.2. The molecule has 0 fully saturated rings. The molecule has 0 aliphatic rings. The van der Waals surface area contributed by atoms with Gasteiger partial charge in [0.2, 0.25) is 0 Å². The number of nitrogens with two attached hydrogens (primary N) is 1. The van der Waals surface area contributed by atoms with Crippen molar-refractivity contribution < 1.29 is 0 Å². The van der Waals surface area contributed by atoms with Crippen molar-refractivity contribution in [3.05, 3.63) is 45.2 Å². The fourth-order valence-corrected chi connectivity index (χ4v) is 2.52. The summed E-state index contributed by atoms with van der Waals surface area (Å²) in [6, 6.07) is 7.63. The third kappa shape index (κ3) is 2.42. The standard InChI is InChI=1S/C14H17ClN2O/c1-17-13-10(6-4-7-12(13)15)9-11(14(17)18)5-2-3-8-16/h4,6-7,9H,2-3,5,8,16H2,1H3. The van der Waals surface area contributed by atoms with Gasteiger partial charge in [0.15, 0.2) is 0 Å². The molecule has 0 unspecified atom stereocenters. The van der Waals surface area contributed by atoms with Crippen LogP contribution in [0, 0.1) is 0 Å². The first-order chi connectivity index (χ1) is 8.65. The molecule has 2 aromatic rings. The number of rotatable bonds is 4. The second-order valence-corrected chi connectivity index (χ2v) is 4.86. The minimum absolute atomic E-state index is 0.0348. The van der Waals surface area contributed by atoms with E-state index in [2.05, 4.69) is 0 Å². The van der Waals surface area contributed by atoms with Crippen LogP contribution in [0.2, 0.25) is 5.02 Å². The van der Waals surface area contributed by atoms with E-state index in [0.717, 1.165) is 35.7 Å². The summed E-state index contributed by atoms with van der Waals surface area (Å²) in [5.74, 6) is 0. The van der Waals surface area contributed by atoms with Crippen LogP contribution in [-0.4, -0.2) is 11.1 Å². The van der Waals surface area contributed by atoms with E-state index in [-0.39, 0.29) is 5.56 Å². The molecular weight excluding hydrogens is 248 g/mol. The molecule has 0 amide bonds. The van der Waals surface area contributed by atoms with Crippen LogP contribution in [0.5, 0.6) is 0 Å². The molecule has 0 bridgehead atoms. The normalized spacial score (nSPS) is 11.1. The highest BCUT2D eigenvalue weighted by atomic mass is 35.5. The van der Waals surface area contributed by atoms with Crippen molar-refractivity contribution in [1.82, 2.24) is 4.57 Å². The lowest BCUT2D eigenvalue weighted by atomic mass is 10.1. The summed E-state index contributed by atoms with van der Waals surface area (Å²) in [7, 11) is 1.77. The van der Waals surface area contributed by atoms with Gasteiger partial charge >= 0.3 is 0 Å². The van der Waals surface area contributed by atoms with Gasteiger partial charge in [-0.05, 0) is 37.9 Å². The quantitative estimate of drug-likeness (QED) is 0.863. The first-order valence-electron chi connectivity index (χ1n) is 6.12. The summed E-state index contributed by atoms with van der Waals surface area (Å²) >= 11 is 6.14. The van der Waals surface area contributed by atoms with Gasteiger partial charge in [0.05, 0.1) is 10.5 Å². The van der Waals surface area contributed by atoms with E-state index in [1.165, 1.54) is 0 Å². The first kappa shape index (κ1) is 13.1. The molecule has 0 aliphatic carbocycles. The Bertz CT molecular complexity index is 619. The van der Waals surface area contributed by atoms with Crippen LogP contribution in [0.25, 0.3) is 10.9 Å². The molecule has 0 aliphatic heterocycles. The second-order valence-electron chi connectivity index (χ2n) is 4.46. The van der Waals surface area contributed by atoms with Crippen molar-refractivity contribution in [2.45, 2.75) is 19.3 Å². The molecule has 0 radical (unpaired) electrons. The number of halogens is 1. The Labute approximate surface area is 111 Å². The Morgan fingerprint density at radius 3 is 2.83 bits per heavy atom. The number of aryl methyl sites for hydroxylation is 2. The second kappa shape index (κ2) is 5.55. The SMILES string of the molecule is Cn1c(=O)c(CCCCN)cc2cccc(Cl)c21. The lowest BCUT2D eigenvalue weighted by Crippen LogP contribution is -2.21. The first-order valence-corrected chi connectivity index (χ1v) is 6.50. The molecule has 96 valence electrons. The number of aromatic nitrogens is 1. The molecular formula is C14H17ClN2O. The molecule has 4 heteroatoms. The third-order valence-corrected chi connectivity index (χ3v) is 3.47. The summed E-state index contributed by atoms with van der Waals surface area (Å²) in [5.41, 5.74) is 7.14. The smallest absolute Gasteiger partial charge is 0.254 e. The van der Waals surface area contributed by atoms with E-state index in [1.54, 1.807) is 17.7 Å².